The van der Waals surface area contributed by atoms with E-state index in [0.29, 0.717) is 18.7 Å². The maximum atomic E-state index is 13.4. The van der Waals surface area contributed by atoms with Gasteiger partial charge in [0.2, 0.25) is 5.91 Å². The van der Waals surface area contributed by atoms with Crippen molar-refractivity contribution in [2.75, 3.05) is 13.2 Å². The number of nitrogens with zero attached hydrogens (tertiary/aromatic N) is 1. The number of carbonyl (C=O) groups is 1. The topological polar surface area (TPSA) is 41.6 Å². The highest BCUT2D eigenvalue weighted by atomic mass is 19.2. The number of hydrogen-bond donors (Lipinski definition) is 1. The van der Waals surface area contributed by atoms with E-state index >= 15 is 0 Å². The highest BCUT2D eigenvalue weighted by Gasteiger charge is 2.39. The largest absolute Gasteiger partial charge is 0.376 e. The fourth-order valence-corrected chi connectivity index (χ4v) is 2.94. The Morgan fingerprint density at radius 2 is 2.19 bits per heavy atom. The van der Waals surface area contributed by atoms with Crippen LogP contribution in [0.25, 0.3) is 0 Å². The van der Waals surface area contributed by atoms with E-state index in [1.807, 2.05) is 0 Å². The third kappa shape index (κ3) is 2.78. The summed E-state index contributed by atoms with van der Waals surface area (Å²) in [4.78, 5) is 13.9. The predicted octanol–water partition coefficient (Wildman–Crippen LogP) is 1.96. The zero-order valence-electron chi connectivity index (χ0n) is 11.8. The SMILES string of the molecule is CC1NC(c2ccc(F)c(F)c2)N(CC2CCCO2)C1=O. The molecule has 3 atom stereocenters. The van der Waals surface area contributed by atoms with Gasteiger partial charge in [-0.1, -0.05) is 6.07 Å². The third-order valence-electron chi connectivity index (χ3n) is 4.06. The molecule has 2 fully saturated rings. The second-order valence-electron chi connectivity index (χ2n) is 5.59. The van der Waals surface area contributed by atoms with E-state index in [1.54, 1.807) is 11.8 Å². The molecule has 3 unspecified atom stereocenters. The van der Waals surface area contributed by atoms with Gasteiger partial charge in [0.15, 0.2) is 11.6 Å². The number of rotatable bonds is 3. The minimum Gasteiger partial charge on any atom is -0.376 e. The molecule has 1 aromatic carbocycles. The van der Waals surface area contributed by atoms with Gasteiger partial charge in [-0.25, -0.2) is 8.78 Å². The molecule has 1 amide bonds. The van der Waals surface area contributed by atoms with E-state index in [4.69, 9.17) is 4.74 Å². The van der Waals surface area contributed by atoms with Gasteiger partial charge in [0.25, 0.3) is 0 Å². The Labute approximate surface area is 122 Å². The van der Waals surface area contributed by atoms with Crippen LogP contribution in [-0.2, 0) is 9.53 Å². The van der Waals surface area contributed by atoms with E-state index in [9.17, 15) is 13.6 Å². The zero-order chi connectivity index (χ0) is 15.0. The van der Waals surface area contributed by atoms with Crippen molar-refractivity contribution in [1.82, 2.24) is 10.2 Å². The van der Waals surface area contributed by atoms with Crippen molar-refractivity contribution in [3.05, 3.63) is 35.4 Å². The van der Waals surface area contributed by atoms with Crippen molar-refractivity contribution in [1.29, 1.82) is 0 Å². The van der Waals surface area contributed by atoms with Gasteiger partial charge in [-0.3, -0.25) is 10.1 Å². The quantitative estimate of drug-likeness (QED) is 0.927. The Balaban J connectivity index is 1.83. The summed E-state index contributed by atoms with van der Waals surface area (Å²) < 4.78 is 32.1. The van der Waals surface area contributed by atoms with Crippen LogP contribution in [0.15, 0.2) is 18.2 Å². The molecule has 2 aliphatic rings. The number of amides is 1. The first kappa shape index (κ1) is 14.4. The third-order valence-corrected chi connectivity index (χ3v) is 4.06. The molecule has 21 heavy (non-hydrogen) atoms. The molecule has 0 bridgehead atoms. The Morgan fingerprint density at radius 1 is 1.38 bits per heavy atom. The Bertz CT molecular complexity index is 546. The molecule has 3 rings (SSSR count). The standard InChI is InChI=1S/C15H18F2N2O2/c1-9-15(20)19(8-11-3-2-6-21-11)14(18-9)10-4-5-12(16)13(17)7-10/h4-5,7,9,11,14,18H,2-3,6,8H2,1H3. The maximum absolute atomic E-state index is 13.4. The normalized spacial score (nSPS) is 29.4. The number of benzene rings is 1. The molecule has 4 nitrogen and oxygen atoms in total. The number of carbonyl (C=O) groups excluding carboxylic acids is 1. The summed E-state index contributed by atoms with van der Waals surface area (Å²) in [7, 11) is 0. The predicted molar refractivity (Wildman–Crippen MR) is 72.4 cm³/mol. The molecule has 0 spiro atoms. The zero-order valence-corrected chi connectivity index (χ0v) is 11.8. The van der Waals surface area contributed by atoms with Crippen LogP contribution in [0.5, 0.6) is 0 Å². The fourth-order valence-electron chi connectivity index (χ4n) is 2.94. The number of halogens is 2. The monoisotopic (exact) mass is 296 g/mol. The van der Waals surface area contributed by atoms with E-state index in [1.165, 1.54) is 6.07 Å². The lowest BCUT2D eigenvalue weighted by atomic mass is 10.1. The molecule has 0 radical (unpaired) electrons. The lowest BCUT2D eigenvalue weighted by Crippen LogP contribution is -2.37. The van der Waals surface area contributed by atoms with Crippen LogP contribution < -0.4 is 5.32 Å². The van der Waals surface area contributed by atoms with Gasteiger partial charge < -0.3 is 9.64 Å². The average Bonchev–Trinajstić information content (AvgIpc) is 3.06. The highest BCUT2D eigenvalue weighted by molar-refractivity contribution is 5.84. The van der Waals surface area contributed by atoms with Crippen LogP contribution in [-0.4, -0.2) is 36.1 Å². The molecule has 114 valence electrons. The second kappa shape index (κ2) is 5.69. The van der Waals surface area contributed by atoms with Gasteiger partial charge in [-0.2, -0.15) is 0 Å². The summed E-state index contributed by atoms with van der Waals surface area (Å²) in [5.41, 5.74) is 0.546. The van der Waals surface area contributed by atoms with E-state index in [-0.39, 0.29) is 18.1 Å². The fraction of sp³-hybridized carbons (Fsp3) is 0.533. The van der Waals surface area contributed by atoms with Gasteiger partial charge in [-0.15, -0.1) is 0 Å². The summed E-state index contributed by atoms with van der Waals surface area (Å²) in [6, 6.07) is 3.39. The summed E-state index contributed by atoms with van der Waals surface area (Å²) in [6.07, 6.45) is 1.49. The van der Waals surface area contributed by atoms with Gasteiger partial charge in [-0.05, 0) is 37.5 Å². The lowest BCUT2D eigenvalue weighted by Gasteiger charge is -2.27. The van der Waals surface area contributed by atoms with Crippen molar-refractivity contribution < 1.29 is 18.3 Å². The highest BCUT2D eigenvalue weighted by Crippen LogP contribution is 2.28. The maximum Gasteiger partial charge on any atom is 0.241 e. The van der Waals surface area contributed by atoms with Crippen molar-refractivity contribution >= 4 is 5.91 Å². The molecule has 6 heteroatoms. The smallest absolute Gasteiger partial charge is 0.241 e. The molecule has 1 aromatic rings. The Morgan fingerprint density at radius 3 is 2.86 bits per heavy atom. The second-order valence-corrected chi connectivity index (χ2v) is 5.59. The van der Waals surface area contributed by atoms with Gasteiger partial charge in [0.1, 0.15) is 6.17 Å². The molecule has 2 saturated heterocycles. The average molecular weight is 296 g/mol. The van der Waals surface area contributed by atoms with E-state index < -0.39 is 17.8 Å². The van der Waals surface area contributed by atoms with Crippen LogP contribution in [0.3, 0.4) is 0 Å². The Hall–Kier alpha value is -1.53. The number of hydrogen-bond acceptors (Lipinski definition) is 3. The molecular weight excluding hydrogens is 278 g/mol. The summed E-state index contributed by atoms with van der Waals surface area (Å²) in [5, 5.41) is 3.12. The van der Waals surface area contributed by atoms with Crippen molar-refractivity contribution in [3.8, 4) is 0 Å². The first-order valence-corrected chi connectivity index (χ1v) is 7.19. The summed E-state index contributed by atoms with van der Waals surface area (Å²) in [5.74, 6) is -1.83. The van der Waals surface area contributed by atoms with E-state index in [2.05, 4.69) is 5.32 Å². The van der Waals surface area contributed by atoms with Gasteiger partial charge in [0, 0.05) is 13.2 Å². The lowest BCUT2D eigenvalue weighted by molar-refractivity contribution is -0.131. The van der Waals surface area contributed by atoms with Crippen molar-refractivity contribution in [2.24, 2.45) is 0 Å². The first-order chi connectivity index (χ1) is 10.1. The van der Waals surface area contributed by atoms with Crippen molar-refractivity contribution in [2.45, 2.75) is 38.1 Å². The minimum absolute atomic E-state index is 0.0221. The van der Waals surface area contributed by atoms with Crippen molar-refractivity contribution in [3.63, 3.8) is 0 Å². The van der Waals surface area contributed by atoms with Crippen LogP contribution in [0.4, 0.5) is 8.78 Å². The molecule has 1 N–H and O–H groups in total. The van der Waals surface area contributed by atoms with Crippen LogP contribution >= 0.6 is 0 Å². The van der Waals surface area contributed by atoms with Crippen LogP contribution in [0.2, 0.25) is 0 Å². The van der Waals surface area contributed by atoms with Crippen LogP contribution in [0, 0.1) is 11.6 Å². The molecule has 0 aliphatic carbocycles. The first-order valence-electron chi connectivity index (χ1n) is 7.19. The minimum atomic E-state index is -0.904. The molecular formula is C15H18F2N2O2. The number of nitrogens with one attached hydrogen (secondary N) is 1. The summed E-state index contributed by atoms with van der Waals surface area (Å²) >= 11 is 0. The van der Waals surface area contributed by atoms with E-state index in [0.717, 1.165) is 25.0 Å². The van der Waals surface area contributed by atoms with Gasteiger partial charge in [0.05, 0.1) is 12.1 Å². The molecule has 2 heterocycles. The summed E-state index contributed by atoms with van der Waals surface area (Å²) in [6.45, 7) is 2.95. The number of ether oxygens (including phenoxy) is 1. The Kier molecular flexibility index (Phi) is 3.91. The van der Waals surface area contributed by atoms with Crippen LogP contribution in [0.1, 0.15) is 31.5 Å². The molecule has 0 saturated carbocycles. The molecule has 2 aliphatic heterocycles. The van der Waals surface area contributed by atoms with Gasteiger partial charge >= 0.3 is 0 Å². The molecule has 0 aromatic heterocycles.